The predicted molar refractivity (Wildman–Crippen MR) is 61.4 cm³/mol. The lowest BCUT2D eigenvalue weighted by atomic mass is 9.94. The summed E-state index contributed by atoms with van der Waals surface area (Å²) in [6, 6.07) is 0. The van der Waals surface area contributed by atoms with Crippen LogP contribution < -0.4 is 0 Å². The third kappa shape index (κ3) is 3.69. The summed E-state index contributed by atoms with van der Waals surface area (Å²) >= 11 is 0. The Labute approximate surface area is 97.1 Å². The van der Waals surface area contributed by atoms with Crippen LogP contribution in [0.4, 0.5) is 0 Å². The summed E-state index contributed by atoms with van der Waals surface area (Å²) in [6.07, 6.45) is -1.34. The molecule has 2 N–H and O–H groups in total. The molecular formula is C10H21NO4S. The minimum absolute atomic E-state index is 0.00758. The second-order valence-electron chi connectivity index (χ2n) is 5.58. The van der Waals surface area contributed by atoms with E-state index in [0.717, 1.165) is 0 Å². The second-order valence-corrected chi connectivity index (χ2v) is 7.67. The van der Waals surface area contributed by atoms with Crippen molar-refractivity contribution in [1.82, 2.24) is 4.31 Å². The van der Waals surface area contributed by atoms with E-state index in [1.807, 2.05) is 20.8 Å². The maximum atomic E-state index is 11.9. The second kappa shape index (κ2) is 4.60. The van der Waals surface area contributed by atoms with E-state index in [1.54, 1.807) is 0 Å². The third-order valence-electron chi connectivity index (χ3n) is 2.73. The van der Waals surface area contributed by atoms with Gasteiger partial charge in [-0.15, -0.1) is 0 Å². The van der Waals surface area contributed by atoms with Crippen molar-refractivity contribution < 1.29 is 18.6 Å². The van der Waals surface area contributed by atoms with Gasteiger partial charge in [0.25, 0.3) is 0 Å². The first-order valence-corrected chi connectivity index (χ1v) is 7.07. The van der Waals surface area contributed by atoms with Gasteiger partial charge in [0.1, 0.15) is 0 Å². The summed E-state index contributed by atoms with van der Waals surface area (Å²) < 4.78 is 24.9. The third-order valence-corrected chi connectivity index (χ3v) is 4.53. The molecule has 1 saturated heterocycles. The van der Waals surface area contributed by atoms with Crippen LogP contribution >= 0.6 is 0 Å². The minimum Gasteiger partial charge on any atom is -0.389 e. The first-order chi connectivity index (χ1) is 7.12. The molecule has 0 aliphatic carbocycles. The molecule has 1 aliphatic rings. The molecule has 1 fully saturated rings. The van der Waals surface area contributed by atoms with Gasteiger partial charge in [-0.2, -0.15) is 4.31 Å². The SMILES string of the molecule is CC(C)(C)CCS(=O)(=O)N1C[C@@H](O)[C@@H](O)C1. The van der Waals surface area contributed by atoms with Gasteiger partial charge in [0, 0.05) is 13.1 Å². The average Bonchev–Trinajstić information content (AvgIpc) is 2.44. The molecule has 1 heterocycles. The van der Waals surface area contributed by atoms with E-state index in [1.165, 1.54) is 4.31 Å². The zero-order chi connectivity index (χ0) is 12.6. The van der Waals surface area contributed by atoms with Crippen LogP contribution in [-0.4, -0.2) is 54.0 Å². The highest BCUT2D eigenvalue weighted by molar-refractivity contribution is 7.89. The molecule has 0 aromatic carbocycles. The van der Waals surface area contributed by atoms with Crippen LogP contribution in [0.5, 0.6) is 0 Å². The van der Waals surface area contributed by atoms with Gasteiger partial charge >= 0.3 is 0 Å². The van der Waals surface area contributed by atoms with E-state index >= 15 is 0 Å². The number of β-amino-alcohol motifs (C(OH)–C–C–N with tert-alkyl or cyclic N) is 2. The summed E-state index contributed by atoms with van der Waals surface area (Å²) in [7, 11) is -3.35. The fraction of sp³-hybridized carbons (Fsp3) is 1.00. The van der Waals surface area contributed by atoms with Gasteiger partial charge in [-0.3, -0.25) is 0 Å². The molecule has 1 aliphatic heterocycles. The molecule has 0 aromatic heterocycles. The fourth-order valence-corrected chi connectivity index (χ4v) is 3.41. The van der Waals surface area contributed by atoms with Crippen molar-refractivity contribution in [1.29, 1.82) is 0 Å². The summed E-state index contributed by atoms with van der Waals surface area (Å²) in [5, 5.41) is 18.6. The Morgan fingerprint density at radius 1 is 1.19 bits per heavy atom. The zero-order valence-electron chi connectivity index (χ0n) is 10.0. The molecule has 0 spiro atoms. The Hall–Kier alpha value is -0.170. The summed E-state index contributed by atoms with van der Waals surface area (Å²) in [5.74, 6) is 0.0654. The van der Waals surface area contributed by atoms with Gasteiger partial charge in [0.05, 0.1) is 18.0 Å². The van der Waals surface area contributed by atoms with Crippen molar-refractivity contribution in [2.24, 2.45) is 5.41 Å². The van der Waals surface area contributed by atoms with E-state index in [4.69, 9.17) is 0 Å². The van der Waals surface area contributed by atoms with Crippen molar-refractivity contribution in [3.63, 3.8) is 0 Å². The molecule has 96 valence electrons. The van der Waals surface area contributed by atoms with Gasteiger partial charge in [-0.25, -0.2) is 8.42 Å². The lowest BCUT2D eigenvalue weighted by molar-refractivity contribution is 0.0572. The summed E-state index contributed by atoms with van der Waals surface area (Å²) in [4.78, 5) is 0. The average molecular weight is 251 g/mol. The topological polar surface area (TPSA) is 77.8 Å². The molecule has 0 radical (unpaired) electrons. The van der Waals surface area contributed by atoms with Gasteiger partial charge in [0.2, 0.25) is 10.0 Å². The molecule has 1 rings (SSSR count). The van der Waals surface area contributed by atoms with E-state index in [0.29, 0.717) is 6.42 Å². The van der Waals surface area contributed by atoms with Crippen molar-refractivity contribution >= 4 is 10.0 Å². The molecule has 2 atom stereocenters. The number of aliphatic hydroxyl groups excluding tert-OH is 2. The van der Waals surface area contributed by atoms with E-state index in [-0.39, 0.29) is 24.3 Å². The van der Waals surface area contributed by atoms with E-state index in [9.17, 15) is 18.6 Å². The molecule has 6 heteroatoms. The smallest absolute Gasteiger partial charge is 0.214 e. The Morgan fingerprint density at radius 3 is 2.00 bits per heavy atom. The van der Waals surface area contributed by atoms with Gasteiger partial charge in [-0.05, 0) is 11.8 Å². The number of hydrogen-bond donors (Lipinski definition) is 2. The lowest BCUT2D eigenvalue weighted by Crippen LogP contribution is -2.33. The molecule has 0 saturated carbocycles. The highest BCUT2D eigenvalue weighted by atomic mass is 32.2. The Kier molecular flexibility index (Phi) is 3.99. The lowest BCUT2D eigenvalue weighted by Gasteiger charge is -2.21. The number of hydrogen-bond acceptors (Lipinski definition) is 4. The molecular weight excluding hydrogens is 230 g/mol. The van der Waals surface area contributed by atoms with Gasteiger partial charge in [-0.1, -0.05) is 20.8 Å². The fourth-order valence-electron chi connectivity index (χ4n) is 1.53. The summed E-state index contributed by atoms with van der Waals surface area (Å²) in [6.45, 7) is 5.96. The molecule has 0 bridgehead atoms. The zero-order valence-corrected chi connectivity index (χ0v) is 10.9. The van der Waals surface area contributed by atoms with Gasteiger partial charge < -0.3 is 10.2 Å². The first-order valence-electron chi connectivity index (χ1n) is 5.46. The molecule has 0 unspecified atom stereocenters. The molecule has 0 amide bonds. The van der Waals surface area contributed by atoms with Crippen LogP contribution in [-0.2, 0) is 10.0 Å². The largest absolute Gasteiger partial charge is 0.389 e. The number of sulfonamides is 1. The Balaban J connectivity index is 2.59. The maximum absolute atomic E-state index is 11.9. The minimum atomic E-state index is -3.35. The number of rotatable bonds is 3. The monoisotopic (exact) mass is 251 g/mol. The predicted octanol–water partition coefficient (Wildman–Crippen LogP) is -0.210. The quantitative estimate of drug-likeness (QED) is 0.727. The summed E-state index contributed by atoms with van der Waals surface area (Å²) in [5.41, 5.74) is -0.0377. The van der Waals surface area contributed by atoms with E-state index in [2.05, 4.69) is 0 Å². The highest BCUT2D eigenvalue weighted by Gasteiger charge is 2.36. The normalized spacial score (nSPS) is 28.6. The van der Waals surface area contributed by atoms with Crippen LogP contribution in [0.3, 0.4) is 0 Å². The maximum Gasteiger partial charge on any atom is 0.214 e. The Bertz CT molecular complexity index is 323. The van der Waals surface area contributed by atoms with Crippen LogP contribution in [0.15, 0.2) is 0 Å². The van der Waals surface area contributed by atoms with Crippen molar-refractivity contribution in [3.8, 4) is 0 Å². The molecule has 16 heavy (non-hydrogen) atoms. The Morgan fingerprint density at radius 2 is 1.62 bits per heavy atom. The molecule has 0 aromatic rings. The first kappa shape index (κ1) is 13.9. The van der Waals surface area contributed by atoms with Crippen molar-refractivity contribution in [2.45, 2.75) is 39.4 Å². The number of aliphatic hydroxyl groups is 2. The van der Waals surface area contributed by atoms with Crippen LogP contribution in [0, 0.1) is 5.41 Å². The standard InChI is InChI=1S/C10H21NO4S/c1-10(2,3)4-5-16(14,15)11-6-8(12)9(13)7-11/h8-9,12-13H,4-7H2,1-3H3/t8-,9+. The number of nitrogens with zero attached hydrogens (tertiary/aromatic N) is 1. The van der Waals surface area contributed by atoms with Crippen molar-refractivity contribution in [2.75, 3.05) is 18.8 Å². The van der Waals surface area contributed by atoms with Crippen molar-refractivity contribution in [3.05, 3.63) is 0 Å². The van der Waals surface area contributed by atoms with Gasteiger partial charge in [0.15, 0.2) is 0 Å². The van der Waals surface area contributed by atoms with E-state index < -0.39 is 22.2 Å². The van der Waals surface area contributed by atoms with Crippen LogP contribution in [0.1, 0.15) is 27.2 Å². The van der Waals surface area contributed by atoms with Crippen LogP contribution in [0.2, 0.25) is 0 Å². The highest BCUT2D eigenvalue weighted by Crippen LogP contribution is 2.22. The molecule has 5 nitrogen and oxygen atoms in total. The van der Waals surface area contributed by atoms with Crippen LogP contribution in [0.25, 0.3) is 0 Å².